The van der Waals surface area contributed by atoms with Gasteiger partial charge in [0.05, 0.1) is 16.6 Å². The van der Waals surface area contributed by atoms with Crippen LogP contribution in [0.4, 0.5) is 23.9 Å². The van der Waals surface area contributed by atoms with E-state index >= 15 is 0 Å². The average molecular weight is 705 g/mol. The highest BCUT2D eigenvalue weighted by atomic mass is 32.2. The van der Waals surface area contributed by atoms with Crippen molar-refractivity contribution in [1.29, 1.82) is 0 Å². The van der Waals surface area contributed by atoms with Crippen LogP contribution in [0.15, 0.2) is 54.5 Å². The highest BCUT2D eigenvalue weighted by Gasteiger charge is 2.31. The molecule has 0 saturated carbocycles. The largest absolute Gasteiger partial charge is 0.444 e. The molecule has 266 valence electrons. The number of nitrogens with one attached hydrogen (secondary N) is 2. The fourth-order valence-corrected chi connectivity index (χ4v) is 6.78. The molecule has 0 radical (unpaired) electrons. The average Bonchev–Trinajstić information content (AvgIpc) is 3.66. The Labute approximate surface area is 284 Å². The van der Waals surface area contributed by atoms with Crippen molar-refractivity contribution in [3.8, 4) is 0 Å². The number of ether oxygens (including phenoxy) is 1. The number of alkyl halides is 3. The second kappa shape index (κ2) is 14.4. The number of sulfonamides is 1. The molecular formula is C34H43F3N6O5S. The lowest BCUT2D eigenvalue weighted by Gasteiger charge is -2.34. The van der Waals surface area contributed by atoms with Gasteiger partial charge in [-0.2, -0.15) is 13.2 Å². The standard InChI is InChI=1S/C34H43F3N6O5S/c1-5-49(46,47)39-19-24-14-16-41(20-24)30(44)26-10-13-29-28(17-26)40-31(38-18-23-8-11-27(12-9-23)34(35,36)37)43(29)22-25-7-6-15-42(21-25)32(45)48-33(2,3)4/h5,8-13,17,24-25,39H,1,6-7,14-16,18-22H2,2-4H3,(H,38,40)/t24-,25?/m1/s1. The van der Waals surface area contributed by atoms with Gasteiger partial charge in [-0.3, -0.25) is 4.79 Å². The Kier molecular flexibility index (Phi) is 10.6. The second-order valence-electron chi connectivity index (χ2n) is 13.7. The van der Waals surface area contributed by atoms with Gasteiger partial charge in [0.25, 0.3) is 5.91 Å². The van der Waals surface area contributed by atoms with Gasteiger partial charge in [0, 0.05) is 56.8 Å². The summed E-state index contributed by atoms with van der Waals surface area (Å²) >= 11 is 0. The van der Waals surface area contributed by atoms with Crippen molar-refractivity contribution in [1.82, 2.24) is 24.1 Å². The van der Waals surface area contributed by atoms with Crippen LogP contribution in [0.2, 0.25) is 0 Å². The highest BCUT2D eigenvalue weighted by Crippen LogP contribution is 2.30. The van der Waals surface area contributed by atoms with Crippen LogP contribution >= 0.6 is 0 Å². The molecule has 2 aliphatic rings. The van der Waals surface area contributed by atoms with Gasteiger partial charge in [-0.05, 0) is 87.8 Å². The lowest BCUT2D eigenvalue weighted by Crippen LogP contribution is -2.43. The summed E-state index contributed by atoms with van der Waals surface area (Å²) in [6.45, 7) is 11.7. The number of amides is 2. The molecule has 49 heavy (non-hydrogen) atoms. The van der Waals surface area contributed by atoms with Crippen LogP contribution in [-0.4, -0.2) is 78.1 Å². The minimum Gasteiger partial charge on any atom is -0.444 e. The maximum Gasteiger partial charge on any atom is 0.416 e. The smallest absolute Gasteiger partial charge is 0.416 e. The number of nitrogens with zero attached hydrogens (tertiary/aromatic N) is 4. The fraction of sp³-hybridized carbons (Fsp3) is 0.500. The number of fused-ring (bicyclic) bond motifs is 1. The van der Waals surface area contributed by atoms with E-state index in [1.165, 1.54) is 12.1 Å². The van der Waals surface area contributed by atoms with E-state index in [4.69, 9.17) is 9.72 Å². The molecule has 2 amide bonds. The summed E-state index contributed by atoms with van der Waals surface area (Å²) in [5, 5.41) is 4.14. The van der Waals surface area contributed by atoms with Gasteiger partial charge in [0.1, 0.15) is 5.60 Å². The van der Waals surface area contributed by atoms with E-state index in [1.54, 1.807) is 21.9 Å². The van der Waals surface area contributed by atoms with Crippen LogP contribution in [-0.2, 0) is 34.0 Å². The summed E-state index contributed by atoms with van der Waals surface area (Å²) in [6, 6.07) is 10.2. The van der Waals surface area contributed by atoms with Crippen LogP contribution in [0.3, 0.4) is 0 Å². The molecule has 3 heterocycles. The van der Waals surface area contributed by atoms with Crippen LogP contribution in [0, 0.1) is 11.8 Å². The molecule has 2 fully saturated rings. The molecule has 0 aliphatic carbocycles. The Morgan fingerprint density at radius 3 is 2.41 bits per heavy atom. The quantitative estimate of drug-likeness (QED) is 0.272. The molecule has 2 atom stereocenters. The lowest BCUT2D eigenvalue weighted by molar-refractivity contribution is -0.137. The molecule has 3 aromatic rings. The maximum atomic E-state index is 13.5. The Bertz CT molecular complexity index is 1790. The number of carbonyl (C=O) groups excluding carboxylic acids is 2. The van der Waals surface area contributed by atoms with Crippen molar-refractivity contribution in [2.24, 2.45) is 11.8 Å². The third kappa shape index (κ3) is 9.32. The van der Waals surface area contributed by atoms with Gasteiger partial charge in [-0.25, -0.2) is 22.9 Å². The van der Waals surface area contributed by atoms with Gasteiger partial charge in [0.2, 0.25) is 16.0 Å². The van der Waals surface area contributed by atoms with Gasteiger partial charge in [0.15, 0.2) is 0 Å². The first-order valence-electron chi connectivity index (χ1n) is 16.3. The van der Waals surface area contributed by atoms with E-state index in [0.717, 1.165) is 35.9 Å². The zero-order chi connectivity index (χ0) is 35.6. The van der Waals surface area contributed by atoms with E-state index < -0.39 is 27.4 Å². The normalized spacial score (nSPS) is 18.9. The molecule has 0 bridgehead atoms. The topological polar surface area (TPSA) is 126 Å². The number of halogens is 3. The number of likely N-dealkylation sites (tertiary alicyclic amines) is 2. The molecular weight excluding hydrogens is 661 g/mol. The monoisotopic (exact) mass is 704 g/mol. The van der Waals surface area contributed by atoms with E-state index in [-0.39, 0.29) is 36.9 Å². The SMILES string of the molecule is C=CS(=O)(=O)NC[C@H]1CCN(C(=O)c2ccc3c(c2)nc(NCc2ccc(C(F)(F)F)cc2)n3CC2CCCN(C(=O)OC(C)(C)C)C2)C1. The summed E-state index contributed by atoms with van der Waals surface area (Å²) in [7, 11) is -3.56. The van der Waals surface area contributed by atoms with Crippen LogP contribution in [0.5, 0.6) is 0 Å². The zero-order valence-electron chi connectivity index (χ0n) is 27.9. The minimum absolute atomic E-state index is 0.0293. The summed E-state index contributed by atoms with van der Waals surface area (Å²) in [5.41, 5.74) is 1.06. The highest BCUT2D eigenvalue weighted by molar-refractivity contribution is 7.92. The second-order valence-corrected chi connectivity index (χ2v) is 15.4. The van der Waals surface area contributed by atoms with Gasteiger partial charge >= 0.3 is 12.3 Å². The summed E-state index contributed by atoms with van der Waals surface area (Å²) in [4.78, 5) is 34.6. The Balaban J connectivity index is 1.36. The Morgan fingerprint density at radius 2 is 1.73 bits per heavy atom. The van der Waals surface area contributed by atoms with E-state index in [1.807, 2.05) is 31.4 Å². The van der Waals surface area contributed by atoms with Crippen molar-refractivity contribution in [3.63, 3.8) is 0 Å². The van der Waals surface area contributed by atoms with Crippen LogP contribution in [0.1, 0.15) is 61.5 Å². The number of benzene rings is 2. The predicted molar refractivity (Wildman–Crippen MR) is 180 cm³/mol. The number of anilines is 1. The molecule has 2 saturated heterocycles. The number of rotatable bonds is 10. The van der Waals surface area contributed by atoms with Crippen LogP contribution in [0.25, 0.3) is 11.0 Å². The third-order valence-corrected chi connectivity index (χ3v) is 9.71. The summed E-state index contributed by atoms with van der Waals surface area (Å²) < 4.78 is 72.9. The molecule has 1 unspecified atom stereocenters. The molecule has 2 N–H and O–H groups in total. The van der Waals surface area contributed by atoms with E-state index in [0.29, 0.717) is 61.7 Å². The molecule has 1 aromatic heterocycles. The van der Waals surface area contributed by atoms with Crippen molar-refractivity contribution in [2.45, 2.75) is 64.9 Å². The Hall–Kier alpha value is -4.11. The number of hydrogen-bond donors (Lipinski definition) is 2. The Morgan fingerprint density at radius 1 is 1.02 bits per heavy atom. The van der Waals surface area contributed by atoms with Gasteiger partial charge in [-0.15, -0.1) is 0 Å². The predicted octanol–water partition coefficient (Wildman–Crippen LogP) is 5.84. The van der Waals surface area contributed by atoms with Gasteiger partial charge in [-0.1, -0.05) is 18.7 Å². The third-order valence-electron chi connectivity index (χ3n) is 8.70. The maximum absolute atomic E-state index is 13.5. The lowest BCUT2D eigenvalue weighted by atomic mass is 9.98. The number of carbonyl (C=O) groups is 2. The summed E-state index contributed by atoms with van der Waals surface area (Å²) in [5.74, 6) is 0.347. The first kappa shape index (κ1) is 36.2. The molecule has 2 aromatic carbocycles. The first-order valence-corrected chi connectivity index (χ1v) is 17.9. The van der Waals surface area contributed by atoms with E-state index in [2.05, 4.69) is 16.6 Å². The molecule has 2 aliphatic heterocycles. The van der Waals surface area contributed by atoms with Crippen molar-refractivity contribution < 1.29 is 35.9 Å². The van der Waals surface area contributed by atoms with Gasteiger partial charge < -0.3 is 24.4 Å². The number of piperidine rings is 1. The van der Waals surface area contributed by atoms with Crippen molar-refractivity contribution >= 4 is 39.0 Å². The first-order chi connectivity index (χ1) is 23.0. The number of aromatic nitrogens is 2. The molecule has 0 spiro atoms. The minimum atomic E-state index is -4.43. The molecule has 15 heteroatoms. The van der Waals surface area contributed by atoms with Crippen molar-refractivity contribution in [2.75, 3.05) is 38.0 Å². The molecule has 11 nitrogen and oxygen atoms in total. The fourth-order valence-electron chi connectivity index (χ4n) is 6.20. The van der Waals surface area contributed by atoms with Crippen molar-refractivity contribution in [3.05, 3.63) is 71.1 Å². The number of imidazole rings is 1. The summed E-state index contributed by atoms with van der Waals surface area (Å²) in [6.07, 6.45) is -2.47. The number of hydrogen-bond acceptors (Lipinski definition) is 7. The van der Waals surface area contributed by atoms with E-state index in [9.17, 15) is 31.2 Å². The van der Waals surface area contributed by atoms with Crippen LogP contribution < -0.4 is 10.0 Å². The zero-order valence-corrected chi connectivity index (χ0v) is 28.7. The molecule has 5 rings (SSSR count).